The van der Waals surface area contributed by atoms with Crippen LogP contribution in [-0.4, -0.2) is 43.0 Å². The van der Waals surface area contributed by atoms with E-state index >= 15 is 0 Å². The predicted octanol–water partition coefficient (Wildman–Crippen LogP) is 2.18. The number of aromatic nitrogens is 6. The zero-order valence-electron chi connectivity index (χ0n) is 13.7. The summed E-state index contributed by atoms with van der Waals surface area (Å²) in [5.41, 5.74) is 0.967. The van der Waals surface area contributed by atoms with Gasteiger partial charge in [-0.25, -0.2) is 19.9 Å². The number of nitrogens with one attached hydrogen (secondary N) is 1. The maximum atomic E-state index is 4.71. The van der Waals surface area contributed by atoms with Gasteiger partial charge in [-0.3, -0.25) is 9.97 Å². The number of anilines is 3. The Balaban J connectivity index is 1.50. The zero-order chi connectivity index (χ0) is 16.9. The molecule has 0 spiro atoms. The average Bonchev–Trinajstić information content (AvgIpc) is 2.70. The molecule has 8 nitrogen and oxygen atoms in total. The number of hydrogen-bond donors (Lipinski definition) is 1. The molecule has 0 aliphatic carbocycles. The fraction of sp³-hybridized carbons (Fsp3) is 0.294. The average molecular weight is 334 g/mol. The number of hydrogen-bond acceptors (Lipinski definition) is 8. The van der Waals surface area contributed by atoms with Crippen LogP contribution in [0.2, 0.25) is 0 Å². The van der Waals surface area contributed by atoms with Crippen molar-refractivity contribution in [2.75, 3.05) is 23.3 Å². The molecule has 8 heteroatoms. The molecule has 4 heterocycles. The van der Waals surface area contributed by atoms with Gasteiger partial charge in [-0.05, 0) is 18.9 Å². The van der Waals surface area contributed by atoms with Gasteiger partial charge in [0, 0.05) is 50.0 Å². The molecule has 1 unspecified atom stereocenters. The third-order valence-corrected chi connectivity index (χ3v) is 4.15. The first-order valence-corrected chi connectivity index (χ1v) is 8.25. The lowest BCUT2D eigenvalue weighted by atomic mass is 9.95. The first-order valence-electron chi connectivity index (χ1n) is 8.25. The summed E-state index contributed by atoms with van der Waals surface area (Å²) < 4.78 is 0. The second-order valence-electron chi connectivity index (χ2n) is 5.88. The standard InChI is InChI=1S/C17H18N8/c1-3-13(12-25(8-1)17-21-4-2-5-22-17)14-9-19-11-16(23-14)24-15-10-18-6-7-20-15/h2,4-7,9-11,13H,1,3,8,12H2,(H,20,23,24). The van der Waals surface area contributed by atoms with Gasteiger partial charge in [0.05, 0.1) is 18.1 Å². The lowest BCUT2D eigenvalue weighted by Crippen LogP contribution is -2.35. The van der Waals surface area contributed by atoms with E-state index in [-0.39, 0.29) is 0 Å². The molecule has 126 valence electrons. The molecule has 0 amide bonds. The van der Waals surface area contributed by atoms with Crippen molar-refractivity contribution in [3.05, 3.63) is 55.1 Å². The number of piperidine rings is 1. The molecule has 1 fully saturated rings. The lowest BCUT2D eigenvalue weighted by molar-refractivity contribution is 0.494. The van der Waals surface area contributed by atoms with Crippen LogP contribution < -0.4 is 10.2 Å². The van der Waals surface area contributed by atoms with Crippen LogP contribution in [0.4, 0.5) is 17.6 Å². The van der Waals surface area contributed by atoms with E-state index in [1.165, 1.54) is 0 Å². The summed E-state index contributed by atoms with van der Waals surface area (Å²) in [5.74, 6) is 2.39. The van der Waals surface area contributed by atoms with Crippen molar-refractivity contribution in [2.24, 2.45) is 0 Å². The predicted molar refractivity (Wildman–Crippen MR) is 93.6 cm³/mol. The van der Waals surface area contributed by atoms with Crippen LogP contribution >= 0.6 is 0 Å². The largest absolute Gasteiger partial charge is 0.340 e. The van der Waals surface area contributed by atoms with Crippen molar-refractivity contribution in [3.8, 4) is 0 Å². The topological polar surface area (TPSA) is 92.6 Å². The van der Waals surface area contributed by atoms with Crippen LogP contribution in [0, 0.1) is 0 Å². The van der Waals surface area contributed by atoms with Gasteiger partial charge in [-0.15, -0.1) is 0 Å². The van der Waals surface area contributed by atoms with E-state index < -0.39 is 0 Å². The highest BCUT2D eigenvalue weighted by molar-refractivity contribution is 5.49. The Kier molecular flexibility index (Phi) is 4.40. The van der Waals surface area contributed by atoms with Gasteiger partial charge in [0.2, 0.25) is 5.95 Å². The van der Waals surface area contributed by atoms with Gasteiger partial charge in [0.15, 0.2) is 0 Å². The Morgan fingerprint density at radius 1 is 0.920 bits per heavy atom. The summed E-state index contributed by atoms with van der Waals surface area (Å²) in [6.07, 6.45) is 14.2. The zero-order valence-corrected chi connectivity index (χ0v) is 13.7. The van der Waals surface area contributed by atoms with E-state index in [1.54, 1.807) is 37.2 Å². The minimum absolute atomic E-state index is 0.300. The highest BCUT2D eigenvalue weighted by Gasteiger charge is 2.24. The van der Waals surface area contributed by atoms with E-state index in [9.17, 15) is 0 Å². The lowest BCUT2D eigenvalue weighted by Gasteiger charge is -2.32. The van der Waals surface area contributed by atoms with Gasteiger partial charge in [0.1, 0.15) is 11.6 Å². The van der Waals surface area contributed by atoms with E-state index in [1.807, 2.05) is 12.3 Å². The second kappa shape index (κ2) is 7.16. The molecule has 1 N–H and O–H groups in total. The molecule has 4 rings (SSSR count). The first kappa shape index (κ1) is 15.4. The van der Waals surface area contributed by atoms with Crippen LogP contribution in [0.15, 0.2) is 49.4 Å². The van der Waals surface area contributed by atoms with Crippen LogP contribution in [0.3, 0.4) is 0 Å². The van der Waals surface area contributed by atoms with Crippen molar-refractivity contribution in [1.29, 1.82) is 0 Å². The van der Waals surface area contributed by atoms with Gasteiger partial charge in [-0.2, -0.15) is 0 Å². The maximum absolute atomic E-state index is 4.71. The smallest absolute Gasteiger partial charge is 0.225 e. The molecule has 0 aromatic carbocycles. The Morgan fingerprint density at radius 3 is 2.64 bits per heavy atom. The van der Waals surface area contributed by atoms with Crippen LogP contribution in [-0.2, 0) is 0 Å². The Morgan fingerprint density at radius 2 is 1.80 bits per heavy atom. The minimum atomic E-state index is 0.300. The van der Waals surface area contributed by atoms with Crippen molar-refractivity contribution in [2.45, 2.75) is 18.8 Å². The molecule has 1 aliphatic rings. The summed E-state index contributed by atoms with van der Waals surface area (Å²) in [6, 6.07) is 1.83. The highest BCUT2D eigenvalue weighted by Crippen LogP contribution is 2.27. The third-order valence-electron chi connectivity index (χ3n) is 4.15. The number of rotatable bonds is 4. The van der Waals surface area contributed by atoms with Crippen molar-refractivity contribution in [3.63, 3.8) is 0 Å². The SMILES string of the molecule is c1cnc(N2CCCC(c3cncc(Nc4cnccn4)n3)C2)nc1. The summed E-state index contributed by atoms with van der Waals surface area (Å²) in [5, 5.41) is 3.14. The molecule has 0 radical (unpaired) electrons. The highest BCUT2D eigenvalue weighted by atomic mass is 15.3. The van der Waals surface area contributed by atoms with Crippen LogP contribution in [0.25, 0.3) is 0 Å². The molecule has 0 bridgehead atoms. The van der Waals surface area contributed by atoms with Crippen molar-refractivity contribution >= 4 is 17.6 Å². The molecule has 1 atom stereocenters. The fourth-order valence-electron chi connectivity index (χ4n) is 2.99. The van der Waals surface area contributed by atoms with E-state index in [0.29, 0.717) is 17.6 Å². The van der Waals surface area contributed by atoms with Gasteiger partial charge in [0.25, 0.3) is 0 Å². The first-order chi connectivity index (χ1) is 12.4. The van der Waals surface area contributed by atoms with Crippen molar-refractivity contribution in [1.82, 2.24) is 29.9 Å². The van der Waals surface area contributed by atoms with Crippen LogP contribution in [0.1, 0.15) is 24.5 Å². The molecule has 1 saturated heterocycles. The summed E-state index contributed by atoms with van der Waals surface area (Å²) >= 11 is 0. The molecule has 3 aromatic rings. The molecule has 1 aliphatic heterocycles. The molecule has 0 saturated carbocycles. The minimum Gasteiger partial charge on any atom is -0.340 e. The Hall–Kier alpha value is -3.16. The fourth-order valence-corrected chi connectivity index (χ4v) is 2.99. The van der Waals surface area contributed by atoms with E-state index in [0.717, 1.165) is 37.6 Å². The molecular formula is C17H18N8. The number of nitrogens with zero attached hydrogens (tertiary/aromatic N) is 7. The quantitative estimate of drug-likeness (QED) is 0.776. The summed E-state index contributed by atoms with van der Waals surface area (Å²) in [6.45, 7) is 1.80. The summed E-state index contributed by atoms with van der Waals surface area (Å²) in [7, 11) is 0. The normalized spacial score (nSPS) is 17.3. The van der Waals surface area contributed by atoms with Gasteiger partial charge >= 0.3 is 0 Å². The molecule has 25 heavy (non-hydrogen) atoms. The Labute approximate surface area is 145 Å². The third kappa shape index (κ3) is 3.68. The van der Waals surface area contributed by atoms with E-state index in [2.05, 4.69) is 35.1 Å². The van der Waals surface area contributed by atoms with Crippen LogP contribution in [0.5, 0.6) is 0 Å². The monoisotopic (exact) mass is 334 g/mol. The maximum Gasteiger partial charge on any atom is 0.225 e. The molecular weight excluding hydrogens is 316 g/mol. The molecule has 3 aromatic heterocycles. The second-order valence-corrected chi connectivity index (χ2v) is 5.88. The Bertz CT molecular complexity index is 811. The van der Waals surface area contributed by atoms with E-state index in [4.69, 9.17) is 4.98 Å². The summed E-state index contributed by atoms with van der Waals surface area (Å²) in [4.78, 5) is 28.2. The van der Waals surface area contributed by atoms with Crippen molar-refractivity contribution < 1.29 is 0 Å². The van der Waals surface area contributed by atoms with Gasteiger partial charge < -0.3 is 10.2 Å². The van der Waals surface area contributed by atoms with Gasteiger partial charge in [-0.1, -0.05) is 0 Å².